The van der Waals surface area contributed by atoms with E-state index in [0.717, 1.165) is 11.4 Å². The van der Waals surface area contributed by atoms with Crippen molar-refractivity contribution < 1.29 is 29.6 Å². The third-order valence-corrected chi connectivity index (χ3v) is 7.06. The molecule has 2 aliphatic rings. The molecule has 2 saturated heterocycles. The smallest absolute Gasteiger partial charge is 0.253 e. The number of carbonyl (C=O) groups excluding carboxylic acids is 1. The molecule has 2 aromatic rings. The van der Waals surface area contributed by atoms with E-state index in [4.69, 9.17) is 9.47 Å². The van der Waals surface area contributed by atoms with Crippen LogP contribution in [-0.4, -0.2) is 94.3 Å². The molecule has 4 rings (SSSR count). The van der Waals surface area contributed by atoms with Gasteiger partial charge in [0.2, 0.25) is 0 Å². The minimum absolute atomic E-state index is 0.0457. The highest BCUT2D eigenvalue weighted by atomic mass is 16.5. The van der Waals surface area contributed by atoms with Crippen LogP contribution in [0.15, 0.2) is 36.8 Å². The number of aromatic nitrogens is 2. The molecule has 1 amide bonds. The van der Waals surface area contributed by atoms with Crippen molar-refractivity contribution in [2.75, 3.05) is 44.8 Å². The van der Waals surface area contributed by atoms with E-state index >= 15 is 0 Å². The van der Waals surface area contributed by atoms with Crippen molar-refractivity contribution in [3.63, 3.8) is 0 Å². The first-order chi connectivity index (χ1) is 16.3. The fourth-order valence-electron chi connectivity index (χ4n) is 4.72. The number of rotatable bonds is 8. The van der Waals surface area contributed by atoms with Gasteiger partial charge in [0, 0.05) is 36.8 Å². The number of aliphatic hydroxyl groups excluding tert-OH is 3. The summed E-state index contributed by atoms with van der Waals surface area (Å²) in [4.78, 5) is 24.5. The monoisotopic (exact) mass is 472 g/mol. The quantitative estimate of drug-likeness (QED) is 0.501. The number of nitrogens with zero attached hydrogens (tertiary/aromatic N) is 4. The lowest BCUT2D eigenvalue weighted by molar-refractivity contribution is -0.141. The molecule has 2 aliphatic heterocycles. The molecule has 1 aromatic carbocycles. The van der Waals surface area contributed by atoms with E-state index < -0.39 is 30.1 Å². The highest BCUT2D eigenvalue weighted by molar-refractivity contribution is 5.81. The maximum atomic E-state index is 12.5. The Balaban J connectivity index is 1.53. The lowest BCUT2D eigenvalue weighted by atomic mass is 9.72. The van der Waals surface area contributed by atoms with Gasteiger partial charge in [-0.1, -0.05) is 13.0 Å². The van der Waals surface area contributed by atoms with E-state index in [1.54, 1.807) is 32.6 Å². The number of hydrogen-bond donors (Lipinski definition) is 3. The Labute approximate surface area is 198 Å². The van der Waals surface area contributed by atoms with Crippen LogP contribution in [0.25, 0.3) is 0 Å². The summed E-state index contributed by atoms with van der Waals surface area (Å²) in [5.41, 5.74) is 0.258. The third-order valence-electron chi connectivity index (χ3n) is 7.06. The number of anilines is 1. The summed E-state index contributed by atoms with van der Waals surface area (Å²) in [6.45, 7) is 4.91. The van der Waals surface area contributed by atoms with Gasteiger partial charge >= 0.3 is 0 Å². The number of benzene rings is 1. The SMILES string of the molecule is COc1ccc([C@@H]2CN(C(=O)[C@@H](O)CO)C[C@@]2(C)[C@@H](C)O)cc1OC1CN(c2cnccn2)C1. The largest absolute Gasteiger partial charge is 0.493 e. The fraction of sp³-hybridized carbons (Fsp3) is 0.542. The number of ether oxygens (including phenoxy) is 2. The van der Waals surface area contributed by atoms with Gasteiger partial charge < -0.3 is 34.6 Å². The summed E-state index contributed by atoms with van der Waals surface area (Å²) in [5.74, 6) is 1.25. The number of likely N-dealkylation sites (tertiary alicyclic amines) is 1. The van der Waals surface area contributed by atoms with Crippen LogP contribution in [0.5, 0.6) is 11.5 Å². The van der Waals surface area contributed by atoms with Crippen molar-refractivity contribution in [3.8, 4) is 11.5 Å². The van der Waals surface area contributed by atoms with Crippen molar-refractivity contribution in [2.45, 2.75) is 38.1 Å². The zero-order valence-corrected chi connectivity index (χ0v) is 19.7. The van der Waals surface area contributed by atoms with Crippen LogP contribution in [-0.2, 0) is 4.79 Å². The fourth-order valence-corrected chi connectivity index (χ4v) is 4.72. The highest BCUT2D eigenvalue weighted by Crippen LogP contribution is 2.47. The third kappa shape index (κ3) is 4.53. The Kier molecular flexibility index (Phi) is 6.92. The predicted molar refractivity (Wildman–Crippen MR) is 124 cm³/mol. The van der Waals surface area contributed by atoms with E-state index in [1.807, 2.05) is 25.1 Å². The number of methoxy groups -OCH3 is 1. The number of hydrogen-bond acceptors (Lipinski definition) is 9. The maximum absolute atomic E-state index is 12.5. The molecule has 3 N–H and O–H groups in total. The molecule has 10 heteroatoms. The molecule has 1 aromatic heterocycles. The van der Waals surface area contributed by atoms with Crippen LogP contribution in [0.2, 0.25) is 0 Å². The lowest BCUT2D eigenvalue weighted by Gasteiger charge is -2.40. The summed E-state index contributed by atoms with van der Waals surface area (Å²) in [6, 6.07) is 5.66. The molecule has 3 heterocycles. The van der Waals surface area contributed by atoms with Gasteiger partial charge in [-0.3, -0.25) is 9.78 Å². The molecule has 0 spiro atoms. The Hall–Kier alpha value is -2.95. The van der Waals surface area contributed by atoms with E-state index in [-0.39, 0.29) is 18.6 Å². The number of carbonyl (C=O) groups is 1. The summed E-state index contributed by atoms with van der Waals surface area (Å²) in [6.07, 6.45) is 2.79. The van der Waals surface area contributed by atoms with Crippen LogP contribution in [0.4, 0.5) is 5.82 Å². The molecule has 0 unspecified atom stereocenters. The number of aliphatic hydroxyl groups is 3. The molecular weight excluding hydrogens is 440 g/mol. The van der Waals surface area contributed by atoms with Gasteiger partial charge in [0.05, 0.1) is 39.1 Å². The van der Waals surface area contributed by atoms with Crippen molar-refractivity contribution >= 4 is 11.7 Å². The van der Waals surface area contributed by atoms with Crippen LogP contribution >= 0.6 is 0 Å². The van der Waals surface area contributed by atoms with E-state index in [2.05, 4.69) is 14.9 Å². The van der Waals surface area contributed by atoms with E-state index in [9.17, 15) is 20.1 Å². The standard InChI is InChI=1S/C24H32N4O6/c1-15(30)24(2)14-28(23(32)19(31)13-29)12-18(24)16-4-5-20(33-3)21(8-16)34-17-10-27(11-17)22-9-25-6-7-26-22/h4-9,15,17-19,29-31H,10-14H2,1-3H3/t15-,18+,19+,24+/m1/s1. The molecule has 0 bridgehead atoms. The Morgan fingerprint density at radius 2 is 2.00 bits per heavy atom. The van der Waals surface area contributed by atoms with Gasteiger partial charge in [-0.05, 0) is 24.6 Å². The zero-order valence-electron chi connectivity index (χ0n) is 19.7. The van der Waals surface area contributed by atoms with Crippen molar-refractivity contribution in [2.24, 2.45) is 5.41 Å². The van der Waals surface area contributed by atoms with Gasteiger partial charge in [0.1, 0.15) is 11.9 Å². The minimum Gasteiger partial charge on any atom is -0.493 e. The Morgan fingerprint density at radius 3 is 2.62 bits per heavy atom. The number of amides is 1. The highest BCUT2D eigenvalue weighted by Gasteiger charge is 2.49. The summed E-state index contributed by atoms with van der Waals surface area (Å²) < 4.78 is 11.8. The predicted octanol–water partition coefficient (Wildman–Crippen LogP) is 0.419. The molecule has 0 radical (unpaired) electrons. The average Bonchev–Trinajstić information content (AvgIpc) is 3.19. The van der Waals surface area contributed by atoms with Gasteiger partial charge in [0.15, 0.2) is 17.6 Å². The van der Waals surface area contributed by atoms with Crippen molar-refractivity contribution in [1.29, 1.82) is 0 Å². The van der Waals surface area contributed by atoms with Crippen LogP contribution in [0.1, 0.15) is 25.3 Å². The van der Waals surface area contributed by atoms with Crippen LogP contribution in [0.3, 0.4) is 0 Å². The molecular formula is C24H32N4O6. The second-order valence-electron chi connectivity index (χ2n) is 9.27. The molecule has 0 aliphatic carbocycles. The molecule has 0 saturated carbocycles. The summed E-state index contributed by atoms with van der Waals surface area (Å²) >= 11 is 0. The Bertz CT molecular complexity index is 1000. The maximum Gasteiger partial charge on any atom is 0.253 e. The minimum atomic E-state index is -1.47. The van der Waals surface area contributed by atoms with Gasteiger partial charge in [-0.2, -0.15) is 0 Å². The van der Waals surface area contributed by atoms with Gasteiger partial charge in [-0.25, -0.2) is 4.98 Å². The molecule has 184 valence electrons. The van der Waals surface area contributed by atoms with Gasteiger partial charge in [0.25, 0.3) is 5.91 Å². The topological polar surface area (TPSA) is 128 Å². The average molecular weight is 473 g/mol. The first kappa shape index (κ1) is 24.2. The first-order valence-electron chi connectivity index (χ1n) is 11.4. The van der Waals surface area contributed by atoms with Crippen LogP contribution in [0, 0.1) is 5.41 Å². The second-order valence-corrected chi connectivity index (χ2v) is 9.27. The van der Waals surface area contributed by atoms with Crippen molar-refractivity contribution in [3.05, 3.63) is 42.4 Å². The Morgan fingerprint density at radius 1 is 1.24 bits per heavy atom. The molecule has 10 nitrogen and oxygen atoms in total. The van der Waals surface area contributed by atoms with Gasteiger partial charge in [-0.15, -0.1) is 0 Å². The lowest BCUT2D eigenvalue weighted by Crippen LogP contribution is -2.54. The van der Waals surface area contributed by atoms with E-state index in [0.29, 0.717) is 31.1 Å². The normalized spacial score (nSPS) is 24.5. The van der Waals surface area contributed by atoms with E-state index in [1.165, 1.54) is 4.90 Å². The first-order valence-corrected chi connectivity index (χ1v) is 11.4. The van der Waals surface area contributed by atoms with Crippen LogP contribution < -0.4 is 14.4 Å². The zero-order chi connectivity index (χ0) is 24.5. The van der Waals surface area contributed by atoms with Crippen molar-refractivity contribution in [1.82, 2.24) is 14.9 Å². The second kappa shape index (κ2) is 9.73. The molecule has 34 heavy (non-hydrogen) atoms. The summed E-state index contributed by atoms with van der Waals surface area (Å²) in [5, 5.41) is 29.7. The summed E-state index contributed by atoms with van der Waals surface area (Å²) in [7, 11) is 1.58. The molecule has 2 fully saturated rings. The molecule has 4 atom stereocenters.